The molecule has 0 aromatic carbocycles. The first-order valence-electron chi connectivity index (χ1n) is 5.49. The van der Waals surface area contributed by atoms with E-state index >= 15 is 0 Å². The maximum absolute atomic E-state index is 11.0. The minimum Gasteiger partial charge on any atom is -0.463 e. The molecule has 1 heterocycles. The summed E-state index contributed by atoms with van der Waals surface area (Å²) in [5.41, 5.74) is 0. The summed E-state index contributed by atoms with van der Waals surface area (Å²) in [6.07, 6.45) is -2.06. The second-order valence-electron chi connectivity index (χ2n) is 3.90. The van der Waals surface area contributed by atoms with Crippen molar-refractivity contribution in [2.75, 3.05) is 13.2 Å². The van der Waals surface area contributed by atoms with Crippen LogP contribution < -0.4 is 0 Å². The molecule has 0 saturated carbocycles. The Morgan fingerprint density at radius 2 is 1.67 bits per heavy atom. The highest BCUT2D eigenvalue weighted by molar-refractivity contribution is 5.67. The normalized spacial score (nSPS) is 26.5. The molecule has 1 rings (SSSR count). The fourth-order valence-corrected chi connectivity index (χ4v) is 1.65. The van der Waals surface area contributed by atoms with E-state index in [-0.39, 0.29) is 13.2 Å². The summed E-state index contributed by atoms with van der Waals surface area (Å²) in [6, 6.07) is 0. The summed E-state index contributed by atoms with van der Waals surface area (Å²) >= 11 is 0. The van der Waals surface area contributed by atoms with Crippen molar-refractivity contribution < 1.29 is 33.3 Å². The quantitative estimate of drug-likeness (QED) is 0.511. The van der Waals surface area contributed by atoms with Crippen molar-refractivity contribution in [3.63, 3.8) is 0 Å². The van der Waals surface area contributed by atoms with Crippen LogP contribution in [0.3, 0.4) is 0 Å². The average Bonchev–Trinajstić information content (AvgIpc) is 2.57. The van der Waals surface area contributed by atoms with Crippen molar-refractivity contribution in [3.05, 3.63) is 0 Å². The number of carbonyl (C=O) groups excluding carboxylic acids is 3. The van der Waals surface area contributed by atoms with Gasteiger partial charge in [-0.05, 0) is 0 Å². The van der Waals surface area contributed by atoms with Crippen LogP contribution in [0, 0.1) is 0 Å². The number of rotatable bonds is 4. The largest absolute Gasteiger partial charge is 0.463 e. The monoisotopic (exact) mass is 260 g/mol. The van der Waals surface area contributed by atoms with E-state index in [0.29, 0.717) is 0 Å². The molecule has 0 aromatic rings. The zero-order chi connectivity index (χ0) is 13.7. The molecule has 0 bridgehead atoms. The van der Waals surface area contributed by atoms with Crippen LogP contribution in [0.1, 0.15) is 20.8 Å². The summed E-state index contributed by atoms with van der Waals surface area (Å²) in [6.45, 7) is 3.81. The molecule has 1 aliphatic rings. The zero-order valence-corrected chi connectivity index (χ0v) is 10.5. The van der Waals surface area contributed by atoms with Gasteiger partial charge in [0.1, 0.15) is 12.7 Å². The van der Waals surface area contributed by atoms with E-state index < -0.39 is 36.2 Å². The summed E-state index contributed by atoms with van der Waals surface area (Å²) in [5, 5.41) is 0. The van der Waals surface area contributed by atoms with E-state index in [2.05, 4.69) is 0 Å². The molecule has 0 spiro atoms. The third-order valence-corrected chi connectivity index (χ3v) is 2.28. The molecule has 1 saturated heterocycles. The van der Waals surface area contributed by atoms with E-state index in [1.807, 2.05) is 0 Å². The van der Waals surface area contributed by atoms with E-state index in [1.165, 1.54) is 20.8 Å². The lowest BCUT2D eigenvalue weighted by Gasteiger charge is -2.21. The van der Waals surface area contributed by atoms with Gasteiger partial charge in [-0.2, -0.15) is 0 Å². The summed E-state index contributed by atoms with van der Waals surface area (Å²) < 4.78 is 20.1. The number of hydrogen-bond donors (Lipinski definition) is 0. The minimum absolute atomic E-state index is 0.0506. The minimum atomic E-state index is -0.759. The van der Waals surface area contributed by atoms with E-state index in [9.17, 15) is 14.4 Å². The molecule has 2 unspecified atom stereocenters. The number of hydrogen-bond acceptors (Lipinski definition) is 7. The molecule has 0 aromatic heterocycles. The van der Waals surface area contributed by atoms with E-state index in [1.54, 1.807) is 0 Å². The van der Waals surface area contributed by atoms with Gasteiger partial charge < -0.3 is 18.9 Å². The first-order valence-corrected chi connectivity index (χ1v) is 5.49. The van der Waals surface area contributed by atoms with Gasteiger partial charge in [0.05, 0.1) is 6.61 Å². The molecule has 0 amide bonds. The van der Waals surface area contributed by atoms with Gasteiger partial charge in [-0.25, -0.2) is 0 Å². The predicted octanol–water partition coefficient (Wildman–Crippen LogP) is -0.188. The van der Waals surface area contributed by atoms with Crippen molar-refractivity contribution in [3.8, 4) is 0 Å². The predicted molar refractivity (Wildman–Crippen MR) is 57.5 cm³/mol. The lowest BCUT2D eigenvalue weighted by atomic mass is 10.1. The van der Waals surface area contributed by atoms with Crippen LogP contribution in [-0.4, -0.2) is 49.4 Å². The fourth-order valence-electron chi connectivity index (χ4n) is 1.65. The topological polar surface area (TPSA) is 88.1 Å². The van der Waals surface area contributed by atoms with Crippen molar-refractivity contribution in [2.24, 2.45) is 0 Å². The second-order valence-corrected chi connectivity index (χ2v) is 3.90. The Morgan fingerprint density at radius 1 is 1.06 bits per heavy atom. The van der Waals surface area contributed by atoms with Gasteiger partial charge in [0.2, 0.25) is 0 Å². The van der Waals surface area contributed by atoms with Crippen LogP contribution in [0.25, 0.3) is 0 Å². The standard InChI is InChI=1S/C11H16O7/c1-6(12)15-4-9-11(18-8(3)14)10(5-16-9)17-7(2)13/h9-11H,4-5H2,1-3H3/t9-,10?,11?/m1/s1. The second kappa shape index (κ2) is 6.34. The molecule has 0 aliphatic carbocycles. The van der Waals surface area contributed by atoms with E-state index in [4.69, 9.17) is 18.9 Å². The first kappa shape index (κ1) is 14.4. The lowest BCUT2D eigenvalue weighted by molar-refractivity contribution is -0.165. The Balaban J connectivity index is 2.63. The van der Waals surface area contributed by atoms with Gasteiger partial charge in [-0.15, -0.1) is 0 Å². The molecule has 7 heteroatoms. The summed E-state index contributed by atoms with van der Waals surface area (Å²) in [4.78, 5) is 32.6. The molecule has 3 atom stereocenters. The maximum Gasteiger partial charge on any atom is 0.303 e. The molecule has 0 radical (unpaired) electrons. The maximum atomic E-state index is 11.0. The van der Waals surface area contributed by atoms with Gasteiger partial charge in [-0.1, -0.05) is 0 Å². The molecule has 7 nitrogen and oxygen atoms in total. The summed E-state index contributed by atoms with van der Waals surface area (Å²) in [5.74, 6) is -1.47. The highest BCUT2D eigenvalue weighted by Gasteiger charge is 2.42. The van der Waals surface area contributed by atoms with Gasteiger partial charge in [0.15, 0.2) is 12.2 Å². The van der Waals surface area contributed by atoms with Gasteiger partial charge in [0.25, 0.3) is 0 Å². The van der Waals surface area contributed by atoms with Crippen molar-refractivity contribution in [2.45, 2.75) is 39.1 Å². The third-order valence-electron chi connectivity index (χ3n) is 2.28. The molecule has 0 N–H and O–H groups in total. The third kappa shape index (κ3) is 4.33. The van der Waals surface area contributed by atoms with Crippen LogP contribution >= 0.6 is 0 Å². The lowest BCUT2D eigenvalue weighted by Crippen LogP contribution is -2.39. The summed E-state index contributed by atoms with van der Waals surface area (Å²) in [7, 11) is 0. The van der Waals surface area contributed by atoms with Crippen molar-refractivity contribution in [1.29, 1.82) is 0 Å². The smallest absolute Gasteiger partial charge is 0.303 e. The molecule has 1 fully saturated rings. The zero-order valence-electron chi connectivity index (χ0n) is 10.5. The molecule has 18 heavy (non-hydrogen) atoms. The SMILES string of the molecule is CC(=O)OC[C@H]1OCC(OC(C)=O)C1OC(C)=O. The van der Waals surface area contributed by atoms with Crippen molar-refractivity contribution in [1.82, 2.24) is 0 Å². The highest BCUT2D eigenvalue weighted by atomic mass is 16.6. The van der Waals surface area contributed by atoms with Gasteiger partial charge in [-0.3, -0.25) is 14.4 Å². The van der Waals surface area contributed by atoms with Gasteiger partial charge in [0, 0.05) is 20.8 Å². The van der Waals surface area contributed by atoms with Crippen LogP contribution in [0.2, 0.25) is 0 Å². The van der Waals surface area contributed by atoms with Crippen molar-refractivity contribution >= 4 is 17.9 Å². The molecular formula is C11H16O7. The molecule has 102 valence electrons. The Bertz CT molecular complexity index is 338. The van der Waals surface area contributed by atoms with E-state index in [0.717, 1.165) is 0 Å². The van der Waals surface area contributed by atoms with Crippen LogP contribution in [0.4, 0.5) is 0 Å². The fraction of sp³-hybridized carbons (Fsp3) is 0.727. The Morgan fingerprint density at radius 3 is 2.17 bits per heavy atom. The van der Waals surface area contributed by atoms with Crippen LogP contribution in [-0.2, 0) is 33.3 Å². The number of ether oxygens (including phenoxy) is 4. The van der Waals surface area contributed by atoms with Crippen LogP contribution in [0.5, 0.6) is 0 Å². The number of carbonyl (C=O) groups is 3. The Kier molecular flexibility index (Phi) is 5.08. The Labute approximate surface area is 104 Å². The molecule has 1 aliphatic heterocycles. The first-order chi connectivity index (χ1) is 8.40. The highest BCUT2D eigenvalue weighted by Crippen LogP contribution is 2.21. The molecular weight excluding hydrogens is 244 g/mol. The Hall–Kier alpha value is -1.63. The number of esters is 3. The van der Waals surface area contributed by atoms with Gasteiger partial charge >= 0.3 is 17.9 Å². The average molecular weight is 260 g/mol. The van der Waals surface area contributed by atoms with Crippen LogP contribution in [0.15, 0.2) is 0 Å².